The number of hydrogen-bond donors (Lipinski definition) is 2. The van der Waals surface area contributed by atoms with Gasteiger partial charge in [-0.15, -0.1) is 0 Å². The van der Waals surface area contributed by atoms with Crippen LogP contribution in [0.15, 0.2) is 0 Å². The number of hydrogen-bond acceptors (Lipinski definition) is 2. The first kappa shape index (κ1) is 11.0. The van der Waals surface area contributed by atoms with Crippen LogP contribution < -0.4 is 10.6 Å². The first-order valence-electron chi connectivity index (χ1n) is 7.21. The lowest BCUT2D eigenvalue weighted by Crippen LogP contribution is -2.47. The molecule has 0 aromatic heterocycles. The predicted octanol–water partition coefficient (Wildman–Crippen LogP) is 2.15. The summed E-state index contributed by atoms with van der Waals surface area (Å²) in [5, 5.41) is 7.46. The lowest BCUT2D eigenvalue weighted by Gasteiger charge is -2.36. The molecule has 1 heterocycles. The van der Waals surface area contributed by atoms with E-state index in [4.69, 9.17) is 0 Å². The zero-order valence-electron chi connectivity index (χ0n) is 10.6. The Morgan fingerprint density at radius 3 is 2.44 bits per heavy atom. The van der Waals surface area contributed by atoms with Crippen molar-refractivity contribution >= 4 is 0 Å². The van der Waals surface area contributed by atoms with Gasteiger partial charge in [-0.2, -0.15) is 0 Å². The SMILES string of the molecule is CC1(CNC(C2CC2)C2CC2)CCCNC1. The van der Waals surface area contributed by atoms with Crippen molar-refractivity contribution < 1.29 is 0 Å². The average Bonchev–Trinajstić information content (AvgIpc) is 3.14. The van der Waals surface area contributed by atoms with E-state index in [1.165, 1.54) is 58.2 Å². The molecule has 0 aromatic carbocycles. The minimum Gasteiger partial charge on any atom is -0.316 e. The van der Waals surface area contributed by atoms with Crippen molar-refractivity contribution in [3.63, 3.8) is 0 Å². The number of rotatable bonds is 5. The van der Waals surface area contributed by atoms with E-state index in [-0.39, 0.29) is 0 Å². The third-order valence-corrected chi connectivity index (χ3v) is 4.71. The summed E-state index contributed by atoms with van der Waals surface area (Å²) in [7, 11) is 0. The van der Waals surface area contributed by atoms with Crippen LogP contribution in [-0.4, -0.2) is 25.7 Å². The summed E-state index contributed by atoms with van der Waals surface area (Å²) in [6, 6.07) is 0.874. The average molecular weight is 222 g/mol. The van der Waals surface area contributed by atoms with Gasteiger partial charge in [0.05, 0.1) is 0 Å². The Morgan fingerprint density at radius 1 is 1.25 bits per heavy atom. The van der Waals surface area contributed by atoms with Crippen LogP contribution in [0.4, 0.5) is 0 Å². The van der Waals surface area contributed by atoms with Crippen LogP contribution >= 0.6 is 0 Å². The Labute approximate surface area is 99.6 Å². The molecule has 1 unspecified atom stereocenters. The fourth-order valence-electron chi connectivity index (χ4n) is 3.26. The molecule has 3 fully saturated rings. The van der Waals surface area contributed by atoms with Crippen LogP contribution in [0.3, 0.4) is 0 Å². The van der Waals surface area contributed by atoms with E-state index in [0.29, 0.717) is 5.41 Å². The van der Waals surface area contributed by atoms with E-state index >= 15 is 0 Å². The van der Waals surface area contributed by atoms with Gasteiger partial charge < -0.3 is 10.6 Å². The van der Waals surface area contributed by atoms with Gasteiger partial charge in [0.25, 0.3) is 0 Å². The van der Waals surface area contributed by atoms with Gasteiger partial charge in [0.1, 0.15) is 0 Å². The highest BCUT2D eigenvalue weighted by molar-refractivity contribution is 4.97. The van der Waals surface area contributed by atoms with Crippen LogP contribution in [0, 0.1) is 17.3 Å². The Balaban J connectivity index is 1.49. The summed E-state index contributed by atoms with van der Waals surface area (Å²) in [6.45, 7) is 6.12. The Morgan fingerprint density at radius 2 is 1.94 bits per heavy atom. The molecule has 2 heteroatoms. The van der Waals surface area contributed by atoms with Crippen molar-refractivity contribution in [2.45, 2.75) is 51.5 Å². The molecule has 0 bridgehead atoms. The fraction of sp³-hybridized carbons (Fsp3) is 1.00. The van der Waals surface area contributed by atoms with Crippen LogP contribution in [0.1, 0.15) is 45.4 Å². The quantitative estimate of drug-likeness (QED) is 0.745. The largest absolute Gasteiger partial charge is 0.316 e. The standard InChI is InChI=1S/C14H26N2/c1-14(7-2-8-15-9-14)10-16-13(11-3-4-11)12-5-6-12/h11-13,15-16H,2-10H2,1H3. The summed E-state index contributed by atoms with van der Waals surface area (Å²) < 4.78 is 0. The molecule has 3 rings (SSSR count). The van der Waals surface area contributed by atoms with E-state index < -0.39 is 0 Å². The summed E-state index contributed by atoms with van der Waals surface area (Å²) >= 11 is 0. The highest BCUT2D eigenvalue weighted by Crippen LogP contribution is 2.44. The lowest BCUT2D eigenvalue weighted by atomic mass is 9.82. The van der Waals surface area contributed by atoms with Crippen molar-refractivity contribution in [1.29, 1.82) is 0 Å². The van der Waals surface area contributed by atoms with E-state index in [9.17, 15) is 0 Å². The minimum absolute atomic E-state index is 0.514. The molecule has 2 aliphatic carbocycles. The second-order valence-corrected chi connectivity index (χ2v) is 6.67. The number of nitrogens with one attached hydrogen (secondary N) is 2. The van der Waals surface area contributed by atoms with Crippen molar-refractivity contribution in [2.75, 3.05) is 19.6 Å². The van der Waals surface area contributed by atoms with Crippen LogP contribution in [0.25, 0.3) is 0 Å². The van der Waals surface area contributed by atoms with E-state index in [1.807, 2.05) is 0 Å². The maximum absolute atomic E-state index is 3.91. The molecule has 0 spiro atoms. The highest BCUT2D eigenvalue weighted by Gasteiger charge is 2.42. The molecule has 0 amide bonds. The van der Waals surface area contributed by atoms with E-state index in [1.54, 1.807) is 0 Å². The molecule has 2 saturated carbocycles. The summed E-state index contributed by atoms with van der Waals surface area (Å²) in [5.41, 5.74) is 0.514. The third-order valence-electron chi connectivity index (χ3n) is 4.71. The first-order chi connectivity index (χ1) is 7.77. The maximum Gasteiger partial charge on any atom is 0.0124 e. The zero-order chi connectivity index (χ0) is 11.0. The van der Waals surface area contributed by atoms with E-state index in [2.05, 4.69) is 17.6 Å². The Bertz CT molecular complexity index is 225. The summed E-state index contributed by atoms with van der Waals surface area (Å²) in [6.07, 6.45) is 8.71. The molecule has 1 aliphatic heterocycles. The smallest absolute Gasteiger partial charge is 0.0124 e. The second-order valence-electron chi connectivity index (χ2n) is 6.67. The molecular weight excluding hydrogens is 196 g/mol. The molecule has 1 saturated heterocycles. The van der Waals surface area contributed by atoms with Gasteiger partial charge in [-0.25, -0.2) is 0 Å². The van der Waals surface area contributed by atoms with Crippen molar-refractivity contribution in [3.05, 3.63) is 0 Å². The second kappa shape index (κ2) is 4.30. The van der Waals surface area contributed by atoms with Crippen molar-refractivity contribution in [1.82, 2.24) is 10.6 Å². The summed E-state index contributed by atoms with van der Waals surface area (Å²) in [5.74, 6) is 2.07. The molecule has 16 heavy (non-hydrogen) atoms. The molecule has 92 valence electrons. The van der Waals surface area contributed by atoms with Gasteiger partial charge in [0.2, 0.25) is 0 Å². The molecule has 0 radical (unpaired) electrons. The van der Waals surface area contributed by atoms with Gasteiger partial charge in [-0.1, -0.05) is 6.92 Å². The van der Waals surface area contributed by atoms with Gasteiger partial charge in [-0.05, 0) is 62.3 Å². The predicted molar refractivity (Wildman–Crippen MR) is 67.4 cm³/mol. The fourth-order valence-corrected chi connectivity index (χ4v) is 3.26. The first-order valence-corrected chi connectivity index (χ1v) is 7.21. The van der Waals surface area contributed by atoms with Crippen molar-refractivity contribution in [2.24, 2.45) is 17.3 Å². The molecule has 0 aromatic rings. The van der Waals surface area contributed by atoms with E-state index in [0.717, 1.165) is 17.9 Å². The molecule has 1 atom stereocenters. The molecule has 2 nitrogen and oxygen atoms in total. The molecule has 3 aliphatic rings. The van der Waals surface area contributed by atoms with Gasteiger partial charge >= 0.3 is 0 Å². The van der Waals surface area contributed by atoms with Gasteiger partial charge in [0, 0.05) is 19.1 Å². The zero-order valence-corrected chi connectivity index (χ0v) is 10.6. The molecule has 2 N–H and O–H groups in total. The summed E-state index contributed by atoms with van der Waals surface area (Å²) in [4.78, 5) is 0. The maximum atomic E-state index is 3.91. The number of piperidine rings is 1. The van der Waals surface area contributed by atoms with Crippen LogP contribution in [-0.2, 0) is 0 Å². The third kappa shape index (κ3) is 2.60. The topological polar surface area (TPSA) is 24.1 Å². The highest BCUT2D eigenvalue weighted by atomic mass is 15.0. The normalized spacial score (nSPS) is 35.6. The van der Waals surface area contributed by atoms with Crippen molar-refractivity contribution in [3.8, 4) is 0 Å². The monoisotopic (exact) mass is 222 g/mol. The van der Waals surface area contributed by atoms with Crippen LogP contribution in [0.5, 0.6) is 0 Å². The van der Waals surface area contributed by atoms with Gasteiger partial charge in [0.15, 0.2) is 0 Å². The molecular formula is C14H26N2. The Kier molecular flexibility index (Phi) is 2.97. The Hall–Kier alpha value is -0.0800. The lowest BCUT2D eigenvalue weighted by molar-refractivity contribution is 0.210. The van der Waals surface area contributed by atoms with Crippen LogP contribution in [0.2, 0.25) is 0 Å². The minimum atomic E-state index is 0.514. The van der Waals surface area contributed by atoms with Gasteiger partial charge in [-0.3, -0.25) is 0 Å².